The number of carbonyl (C=O) groups is 2. The Morgan fingerprint density at radius 3 is 2.39 bits per heavy atom. The number of aromatic nitrogens is 3. The lowest BCUT2D eigenvalue weighted by atomic mass is 9.96. The van der Waals surface area contributed by atoms with Crippen molar-refractivity contribution in [2.24, 2.45) is 0 Å². The summed E-state index contributed by atoms with van der Waals surface area (Å²) in [6.07, 6.45) is -0.272. The third-order valence-electron chi connectivity index (χ3n) is 5.83. The highest BCUT2D eigenvalue weighted by atomic mass is 32.2. The Balaban J connectivity index is 1.59. The third kappa shape index (κ3) is 4.34. The molecule has 0 bridgehead atoms. The molecule has 0 saturated carbocycles. The van der Waals surface area contributed by atoms with Gasteiger partial charge in [0.15, 0.2) is 5.16 Å². The lowest BCUT2D eigenvalue weighted by molar-refractivity contribution is 0.0600. The Labute approximate surface area is 186 Å². The number of thioether (sulfide) groups is 1. The molecule has 0 N–H and O–H groups in total. The van der Waals surface area contributed by atoms with Gasteiger partial charge in [-0.25, -0.2) is 9.78 Å². The number of piperazine rings is 1. The molecule has 0 radical (unpaired) electrons. The minimum Gasteiger partial charge on any atom is -0.450 e. The van der Waals surface area contributed by atoms with E-state index in [4.69, 9.17) is 4.74 Å². The molecule has 0 spiro atoms. The van der Waals surface area contributed by atoms with Gasteiger partial charge in [-0.3, -0.25) is 9.69 Å². The van der Waals surface area contributed by atoms with Crippen LogP contribution in [0.4, 0.5) is 4.79 Å². The Bertz CT molecular complexity index is 951. The second-order valence-corrected chi connectivity index (χ2v) is 9.33. The molecule has 1 fully saturated rings. The second-order valence-electron chi connectivity index (χ2n) is 8.22. The highest BCUT2D eigenvalue weighted by Crippen LogP contribution is 2.41. The van der Waals surface area contributed by atoms with Crippen LogP contribution in [0.5, 0.6) is 0 Å². The van der Waals surface area contributed by atoms with Gasteiger partial charge in [-0.05, 0) is 30.9 Å². The van der Waals surface area contributed by atoms with Gasteiger partial charge < -0.3 is 9.64 Å². The fourth-order valence-corrected chi connectivity index (χ4v) is 5.45. The van der Waals surface area contributed by atoms with Crippen molar-refractivity contribution in [3.8, 4) is 0 Å². The first-order valence-corrected chi connectivity index (χ1v) is 11.7. The van der Waals surface area contributed by atoms with Crippen molar-refractivity contribution >= 4 is 23.8 Å². The van der Waals surface area contributed by atoms with Gasteiger partial charge in [-0.1, -0.05) is 49.9 Å². The summed E-state index contributed by atoms with van der Waals surface area (Å²) in [7, 11) is 0. The minimum absolute atomic E-state index is 0.0358. The molecule has 1 amide bonds. The van der Waals surface area contributed by atoms with E-state index in [0.29, 0.717) is 49.7 Å². The summed E-state index contributed by atoms with van der Waals surface area (Å²) >= 11 is 1.48. The SMILES string of the molecule is CCOC(=O)N1CCN(C(c2ccc(C(C)C)cc2)C2Sc3nc(C)nn3C2=O)CC1. The molecule has 1 aromatic carbocycles. The van der Waals surface area contributed by atoms with Gasteiger partial charge >= 0.3 is 6.09 Å². The summed E-state index contributed by atoms with van der Waals surface area (Å²) in [6, 6.07) is 8.43. The van der Waals surface area contributed by atoms with Crippen LogP contribution in [-0.2, 0) is 4.74 Å². The first kappa shape index (κ1) is 21.8. The summed E-state index contributed by atoms with van der Waals surface area (Å²) in [6.45, 7) is 10.8. The van der Waals surface area contributed by atoms with E-state index in [-0.39, 0.29) is 23.3 Å². The first-order valence-electron chi connectivity index (χ1n) is 10.8. The number of carbonyl (C=O) groups excluding carboxylic acids is 2. The first-order chi connectivity index (χ1) is 14.9. The van der Waals surface area contributed by atoms with Crippen LogP contribution >= 0.6 is 11.8 Å². The molecule has 0 aliphatic carbocycles. The standard InChI is InChI=1S/C22H29N5O3S/c1-5-30-22(29)26-12-10-25(11-13-26)18(17-8-6-16(7-9-17)14(2)3)19-20(28)27-21(31-19)23-15(4)24-27/h6-9,14,18-19H,5,10-13H2,1-4H3. The molecule has 1 aromatic heterocycles. The van der Waals surface area contributed by atoms with Gasteiger partial charge in [0.1, 0.15) is 11.1 Å². The summed E-state index contributed by atoms with van der Waals surface area (Å²) < 4.78 is 6.59. The number of nitrogens with zero attached hydrogens (tertiary/aromatic N) is 5. The van der Waals surface area contributed by atoms with Crippen molar-refractivity contribution in [2.75, 3.05) is 32.8 Å². The quantitative estimate of drug-likeness (QED) is 0.701. The van der Waals surface area contributed by atoms with Crippen molar-refractivity contribution in [3.63, 3.8) is 0 Å². The van der Waals surface area contributed by atoms with E-state index in [0.717, 1.165) is 5.56 Å². The predicted octanol–water partition coefficient (Wildman–Crippen LogP) is 3.34. The van der Waals surface area contributed by atoms with Crippen LogP contribution in [0, 0.1) is 6.92 Å². The summed E-state index contributed by atoms with van der Waals surface area (Å²) in [4.78, 5) is 33.8. The molecular weight excluding hydrogens is 414 g/mol. The highest BCUT2D eigenvalue weighted by molar-refractivity contribution is 8.00. The van der Waals surface area contributed by atoms with Gasteiger partial charge in [0.25, 0.3) is 5.91 Å². The normalized spacial score (nSPS) is 20.2. The fraction of sp³-hybridized carbons (Fsp3) is 0.545. The molecule has 2 aromatic rings. The van der Waals surface area contributed by atoms with Crippen LogP contribution < -0.4 is 0 Å². The Morgan fingerprint density at radius 2 is 1.81 bits per heavy atom. The lowest BCUT2D eigenvalue weighted by Crippen LogP contribution is -2.52. The lowest BCUT2D eigenvalue weighted by Gasteiger charge is -2.40. The maximum atomic E-state index is 13.2. The maximum Gasteiger partial charge on any atom is 0.409 e. The molecule has 8 nitrogen and oxygen atoms in total. The average Bonchev–Trinajstić information content (AvgIpc) is 3.26. The van der Waals surface area contributed by atoms with Crippen LogP contribution in [0.15, 0.2) is 29.4 Å². The van der Waals surface area contributed by atoms with E-state index in [2.05, 4.69) is 53.1 Å². The maximum absolute atomic E-state index is 13.2. The summed E-state index contributed by atoms with van der Waals surface area (Å²) in [5, 5.41) is 4.61. The molecule has 2 unspecified atom stereocenters. The zero-order valence-corrected chi connectivity index (χ0v) is 19.3. The van der Waals surface area contributed by atoms with E-state index in [9.17, 15) is 9.59 Å². The van der Waals surface area contributed by atoms with Crippen LogP contribution in [-0.4, -0.2) is 74.6 Å². The number of aryl methyl sites for hydroxylation is 1. The number of hydrogen-bond donors (Lipinski definition) is 0. The smallest absolute Gasteiger partial charge is 0.409 e. The van der Waals surface area contributed by atoms with Gasteiger partial charge in [-0.2, -0.15) is 4.68 Å². The van der Waals surface area contributed by atoms with E-state index in [1.165, 1.54) is 22.0 Å². The topological polar surface area (TPSA) is 80.6 Å². The fourth-order valence-electron chi connectivity index (χ4n) is 4.15. The van der Waals surface area contributed by atoms with Crippen molar-refractivity contribution < 1.29 is 14.3 Å². The molecule has 3 heterocycles. The van der Waals surface area contributed by atoms with E-state index >= 15 is 0 Å². The number of hydrogen-bond acceptors (Lipinski definition) is 7. The molecule has 2 aliphatic heterocycles. The van der Waals surface area contributed by atoms with Gasteiger partial charge in [-0.15, -0.1) is 5.10 Å². The van der Waals surface area contributed by atoms with Crippen LogP contribution in [0.25, 0.3) is 0 Å². The number of rotatable bonds is 5. The van der Waals surface area contributed by atoms with E-state index in [1.807, 2.05) is 6.92 Å². The highest BCUT2D eigenvalue weighted by Gasteiger charge is 2.43. The molecule has 4 rings (SSSR count). The number of amides is 1. The molecule has 9 heteroatoms. The van der Waals surface area contributed by atoms with Crippen LogP contribution in [0.3, 0.4) is 0 Å². The zero-order valence-electron chi connectivity index (χ0n) is 18.4. The molecule has 1 saturated heterocycles. The van der Waals surface area contributed by atoms with Crippen molar-refractivity contribution in [3.05, 3.63) is 41.2 Å². The molecule has 166 valence electrons. The van der Waals surface area contributed by atoms with Crippen molar-refractivity contribution in [1.82, 2.24) is 24.6 Å². The molecule has 2 aliphatic rings. The van der Waals surface area contributed by atoms with E-state index in [1.54, 1.807) is 11.8 Å². The van der Waals surface area contributed by atoms with Gasteiger partial charge in [0.05, 0.1) is 12.6 Å². The van der Waals surface area contributed by atoms with Gasteiger partial charge in [0.2, 0.25) is 0 Å². The average molecular weight is 444 g/mol. The number of benzene rings is 1. The van der Waals surface area contributed by atoms with Crippen molar-refractivity contribution in [1.29, 1.82) is 0 Å². The molecular formula is C22H29N5O3S. The van der Waals surface area contributed by atoms with Crippen LogP contribution in [0.2, 0.25) is 0 Å². The van der Waals surface area contributed by atoms with Crippen LogP contribution in [0.1, 0.15) is 54.5 Å². The van der Waals surface area contributed by atoms with Gasteiger partial charge in [0, 0.05) is 26.2 Å². The predicted molar refractivity (Wildman–Crippen MR) is 118 cm³/mol. The van der Waals surface area contributed by atoms with Crippen molar-refractivity contribution in [2.45, 2.75) is 50.1 Å². The summed E-state index contributed by atoms with van der Waals surface area (Å²) in [5.41, 5.74) is 2.37. The number of ether oxygens (including phenoxy) is 1. The zero-order chi connectivity index (χ0) is 22.1. The number of fused-ring (bicyclic) bond motifs is 1. The Morgan fingerprint density at radius 1 is 1.16 bits per heavy atom. The molecule has 2 atom stereocenters. The molecule has 31 heavy (non-hydrogen) atoms. The van der Waals surface area contributed by atoms with E-state index < -0.39 is 0 Å². The Hall–Kier alpha value is -2.39. The third-order valence-corrected chi connectivity index (χ3v) is 7.02. The minimum atomic E-state index is -0.324. The summed E-state index contributed by atoms with van der Waals surface area (Å²) in [5.74, 6) is 1.02. The second kappa shape index (κ2) is 9.00. The Kier molecular flexibility index (Phi) is 6.34. The monoisotopic (exact) mass is 443 g/mol. The largest absolute Gasteiger partial charge is 0.450 e.